The van der Waals surface area contributed by atoms with Crippen molar-refractivity contribution in [3.63, 3.8) is 0 Å². The van der Waals surface area contributed by atoms with E-state index in [4.69, 9.17) is 17.3 Å². The molecule has 2 rings (SSSR count). The molecular formula is C12H10ClF2NS2. The summed E-state index contributed by atoms with van der Waals surface area (Å²) >= 11 is 8.46. The van der Waals surface area contributed by atoms with E-state index in [1.165, 1.54) is 29.2 Å². The number of hydrogen-bond donors (Lipinski definition) is 1. The van der Waals surface area contributed by atoms with Crippen molar-refractivity contribution in [2.24, 2.45) is 5.73 Å². The van der Waals surface area contributed by atoms with Crippen molar-refractivity contribution in [2.45, 2.75) is 10.1 Å². The van der Waals surface area contributed by atoms with Gasteiger partial charge in [0.25, 0.3) is 0 Å². The monoisotopic (exact) mass is 305 g/mol. The van der Waals surface area contributed by atoms with E-state index in [1.807, 2.05) is 6.07 Å². The van der Waals surface area contributed by atoms with Gasteiger partial charge in [0.05, 0.1) is 9.59 Å². The van der Waals surface area contributed by atoms with Gasteiger partial charge in [-0.1, -0.05) is 11.6 Å². The second-order valence-corrected chi connectivity index (χ2v) is 6.55. The molecule has 0 saturated heterocycles. The lowest BCUT2D eigenvalue weighted by atomic mass is 10.3. The van der Waals surface area contributed by atoms with Crippen molar-refractivity contribution < 1.29 is 8.78 Å². The molecule has 0 fully saturated rings. The molecule has 2 N–H and O–H groups in total. The van der Waals surface area contributed by atoms with E-state index in [9.17, 15) is 8.78 Å². The third kappa shape index (κ3) is 3.23. The maximum absolute atomic E-state index is 13.5. The number of rotatable bonds is 4. The van der Waals surface area contributed by atoms with Crippen LogP contribution in [0.1, 0.15) is 10.1 Å². The van der Waals surface area contributed by atoms with Gasteiger partial charge in [-0.05, 0) is 30.3 Å². The lowest BCUT2D eigenvalue weighted by Gasteiger charge is -2.13. The van der Waals surface area contributed by atoms with Crippen molar-refractivity contribution in [3.8, 4) is 0 Å². The molecule has 18 heavy (non-hydrogen) atoms. The summed E-state index contributed by atoms with van der Waals surface area (Å²) in [5, 5.41) is -0.126. The summed E-state index contributed by atoms with van der Waals surface area (Å²) in [5.74, 6) is -0.901. The number of nitrogens with two attached hydrogens (primary N) is 1. The van der Waals surface area contributed by atoms with Crippen molar-refractivity contribution in [2.75, 3.05) is 6.54 Å². The van der Waals surface area contributed by atoms with Gasteiger partial charge in [-0.25, -0.2) is 8.78 Å². The molecule has 1 nitrogen and oxygen atoms in total. The minimum atomic E-state index is -0.459. The Morgan fingerprint density at radius 1 is 1.28 bits per heavy atom. The molecule has 1 atom stereocenters. The number of hydrogen-bond acceptors (Lipinski definition) is 3. The molecule has 1 unspecified atom stereocenters. The summed E-state index contributed by atoms with van der Waals surface area (Å²) < 4.78 is 27.3. The molecule has 1 aromatic carbocycles. The highest BCUT2D eigenvalue weighted by Gasteiger charge is 2.16. The number of benzene rings is 1. The first kappa shape index (κ1) is 13.8. The summed E-state index contributed by atoms with van der Waals surface area (Å²) in [7, 11) is 0. The average molecular weight is 306 g/mol. The molecule has 0 aliphatic carbocycles. The maximum Gasteiger partial charge on any atom is 0.136 e. The molecule has 0 radical (unpaired) electrons. The van der Waals surface area contributed by atoms with Gasteiger partial charge < -0.3 is 5.73 Å². The zero-order chi connectivity index (χ0) is 13.1. The molecule has 0 amide bonds. The van der Waals surface area contributed by atoms with Crippen LogP contribution in [0.25, 0.3) is 0 Å². The fraction of sp³-hybridized carbons (Fsp3) is 0.167. The van der Waals surface area contributed by atoms with Gasteiger partial charge in [0.2, 0.25) is 0 Å². The van der Waals surface area contributed by atoms with Crippen molar-refractivity contribution >= 4 is 34.7 Å². The Morgan fingerprint density at radius 2 is 2.06 bits per heavy atom. The van der Waals surface area contributed by atoms with Crippen LogP contribution < -0.4 is 5.73 Å². The second kappa shape index (κ2) is 6.02. The van der Waals surface area contributed by atoms with Crippen LogP contribution in [0.15, 0.2) is 35.2 Å². The molecule has 1 heterocycles. The molecule has 0 aliphatic rings. The minimum Gasteiger partial charge on any atom is -0.329 e. The third-order valence-corrected chi connectivity index (χ3v) is 5.08. The number of halogens is 3. The van der Waals surface area contributed by atoms with Gasteiger partial charge >= 0.3 is 0 Å². The Balaban J connectivity index is 2.22. The predicted octanol–water partition coefficient (Wildman–Crippen LogP) is 4.47. The fourth-order valence-electron chi connectivity index (χ4n) is 1.44. The average Bonchev–Trinajstić information content (AvgIpc) is 2.77. The van der Waals surface area contributed by atoms with Crippen molar-refractivity contribution in [3.05, 3.63) is 51.2 Å². The van der Waals surface area contributed by atoms with Gasteiger partial charge in [-0.3, -0.25) is 0 Å². The van der Waals surface area contributed by atoms with Gasteiger partial charge in [-0.2, -0.15) is 0 Å². The topological polar surface area (TPSA) is 26.0 Å². The molecular weight excluding hydrogens is 296 g/mol. The largest absolute Gasteiger partial charge is 0.329 e. The smallest absolute Gasteiger partial charge is 0.136 e. The van der Waals surface area contributed by atoms with Gasteiger partial charge in [0, 0.05) is 16.3 Å². The quantitative estimate of drug-likeness (QED) is 0.843. The fourth-order valence-corrected chi connectivity index (χ4v) is 3.75. The van der Waals surface area contributed by atoms with Crippen LogP contribution >= 0.6 is 34.7 Å². The highest BCUT2D eigenvalue weighted by atomic mass is 35.5. The highest BCUT2D eigenvalue weighted by Crippen LogP contribution is 2.39. The molecule has 0 aliphatic heterocycles. The van der Waals surface area contributed by atoms with E-state index in [2.05, 4.69) is 0 Å². The van der Waals surface area contributed by atoms with Gasteiger partial charge in [0.1, 0.15) is 11.6 Å². The highest BCUT2D eigenvalue weighted by molar-refractivity contribution is 7.99. The first-order chi connectivity index (χ1) is 8.60. The minimum absolute atomic E-state index is 0.126. The first-order valence-electron chi connectivity index (χ1n) is 5.17. The summed E-state index contributed by atoms with van der Waals surface area (Å²) in [5.41, 5.74) is 5.68. The Labute approximate surface area is 117 Å². The SMILES string of the molecule is NCC(Sc1cc(F)ccc1F)c1ccc(Cl)s1. The molecule has 0 bridgehead atoms. The van der Waals surface area contributed by atoms with Crippen molar-refractivity contribution in [1.29, 1.82) is 0 Å². The summed E-state index contributed by atoms with van der Waals surface area (Å²) in [6.07, 6.45) is 0. The van der Waals surface area contributed by atoms with E-state index >= 15 is 0 Å². The molecule has 1 aromatic heterocycles. The maximum atomic E-state index is 13.5. The number of thioether (sulfide) groups is 1. The molecule has 96 valence electrons. The van der Waals surface area contributed by atoms with Gasteiger partial charge in [0.15, 0.2) is 0 Å². The Kier molecular flexibility index (Phi) is 4.61. The standard InChI is InChI=1S/C12H10ClF2NS2/c13-12-4-3-9(18-12)11(6-16)17-10-5-7(14)1-2-8(10)15/h1-5,11H,6,16H2. The van der Waals surface area contributed by atoms with Crippen LogP contribution in [0.2, 0.25) is 4.34 Å². The van der Waals surface area contributed by atoms with E-state index in [0.717, 1.165) is 17.0 Å². The van der Waals surface area contributed by atoms with Crippen LogP contribution in [0.5, 0.6) is 0 Å². The number of thiophene rings is 1. The van der Waals surface area contributed by atoms with Crippen LogP contribution in [-0.4, -0.2) is 6.54 Å². The lowest BCUT2D eigenvalue weighted by molar-refractivity contribution is 0.576. The summed E-state index contributed by atoms with van der Waals surface area (Å²) in [6.45, 7) is 0.331. The van der Waals surface area contributed by atoms with Crippen LogP contribution in [0.4, 0.5) is 8.78 Å². The van der Waals surface area contributed by atoms with E-state index in [0.29, 0.717) is 10.9 Å². The molecule has 6 heteroatoms. The summed E-state index contributed by atoms with van der Waals surface area (Å²) in [4.78, 5) is 1.21. The predicted molar refractivity (Wildman–Crippen MR) is 73.3 cm³/mol. The van der Waals surface area contributed by atoms with Crippen LogP contribution in [-0.2, 0) is 0 Å². The molecule has 0 spiro atoms. The van der Waals surface area contributed by atoms with E-state index < -0.39 is 11.6 Å². The Bertz CT molecular complexity index is 545. The zero-order valence-corrected chi connectivity index (χ0v) is 11.6. The summed E-state index contributed by atoms with van der Waals surface area (Å²) in [6, 6.07) is 7.02. The van der Waals surface area contributed by atoms with E-state index in [1.54, 1.807) is 6.07 Å². The molecule has 2 aromatic rings. The Morgan fingerprint density at radius 3 is 2.67 bits per heavy atom. The van der Waals surface area contributed by atoms with Gasteiger partial charge in [-0.15, -0.1) is 23.1 Å². The third-order valence-electron chi connectivity index (χ3n) is 2.29. The van der Waals surface area contributed by atoms with E-state index in [-0.39, 0.29) is 10.1 Å². The Hall–Kier alpha value is -0.620. The van der Waals surface area contributed by atoms with Crippen molar-refractivity contribution in [1.82, 2.24) is 0 Å². The first-order valence-corrected chi connectivity index (χ1v) is 7.24. The lowest BCUT2D eigenvalue weighted by Crippen LogP contribution is -2.08. The van der Waals surface area contributed by atoms with Crippen LogP contribution in [0, 0.1) is 11.6 Å². The normalized spacial score (nSPS) is 12.7. The second-order valence-electron chi connectivity index (χ2n) is 3.56. The molecule has 0 saturated carbocycles. The zero-order valence-electron chi connectivity index (χ0n) is 9.20. The van der Waals surface area contributed by atoms with Crippen LogP contribution in [0.3, 0.4) is 0 Å².